The fourth-order valence-electron chi connectivity index (χ4n) is 4.14. The number of carbonyl (C=O) groups is 1. The number of nitrogens with zero attached hydrogens (tertiary/aromatic N) is 1. The summed E-state index contributed by atoms with van der Waals surface area (Å²) in [7, 11) is 1.90. The summed E-state index contributed by atoms with van der Waals surface area (Å²) < 4.78 is 12.0. The van der Waals surface area contributed by atoms with Crippen LogP contribution >= 0.6 is 0 Å². The summed E-state index contributed by atoms with van der Waals surface area (Å²) in [6.45, 7) is 4.79. The van der Waals surface area contributed by atoms with Crippen molar-refractivity contribution in [3.05, 3.63) is 47.2 Å². The van der Waals surface area contributed by atoms with E-state index in [-0.39, 0.29) is 18.4 Å². The molecule has 3 rings (SSSR count). The number of benzene rings is 1. The zero-order valence-corrected chi connectivity index (χ0v) is 18.0. The highest BCUT2D eigenvalue weighted by molar-refractivity contribution is 5.91. The smallest absolute Gasteiger partial charge is 0.288 e. The number of aliphatic hydroxyl groups is 1. The van der Waals surface area contributed by atoms with E-state index >= 15 is 0 Å². The highest BCUT2D eigenvalue weighted by atomic mass is 16.7. The summed E-state index contributed by atoms with van der Waals surface area (Å²) in [6, 6.07) is 8.00. The summed E-state index contributed by atoms with van der Waals surface area (Å²) in [5, 5.41) is 9.17. The highest BCUT2D eigenvalue weighted by Crippen LogP contribution is 2.31. The van der Waals surface area contributed by atoms with Crippen LogP contribution in [-0.2, 0) is 27.5 Å². The standard InChI is InChI=1S/C24H35NO4/c1-17(2)20-13-22(24(27)25(3)21-7-5-4-6-8-21)29-23(14-20)28-16-19-11-9-18(15-26)10-12-19/h9-13,17,20-21,23,26H,4-8,14-16H2,1-3H3/t20-,23+/m0/s1. The molecule has 5 heteroatoms. The Morgan fingerprint density at radius 1 is 1.17 bits per heavy atom. The Balaban J connectivity index is 1.64. The number of allylic oxidation sites excluding steroid dienone is 1. The number of carbonyl (C=O) groups excluding carboxylic acids is 1. The van der Waals surface area contributed by atoms with Gasteiger partial charge in [0.05, 0.1) is 13.2 Å². The Hall–Kier alpha value is -1.85. The number of amides is 1. The molecular weight excluding hydrogens is 366 g/mol. The molecule has 5 nitrogen and oxygen atoms in total. The Morgan fingerprint density at radius 3 is 2.45 bits per heavy atom. The first kappa shape index (κ1) is 21.8. The largest absolute Gasteiger partial charge is 0.459 e. The third kappa shape index (κ3) is 5.83. The molecule has 1 aliphatic carbocycles. The first-order valence-electron chi connectivity index (χ1n) is 10.9. The number of rotatable bonds is 7. The van der Waals surface area contributed by atoms with E-state index in [0.717, 1.165) is 30.4 Å². The predicted molar refractivity (Wildman–Crippen MR) is 113 cm³/mol. The summed E-state index contributed by atoms with van der Waals surface area (Å²) in [6.07, 6.45) is 8.12. The normalized spacial score (nSPS) is 22.9. The van der Waals surface area contributed by atoms with Crippen LogP contribution in [0.4, 0.5) is 0 Å². The molecule has 29 heavy (non-hydrogen) atoms. The molecule has 0 bridgehead atoms. The van der Waals surface area contributed by atoms with Crippen LogP contribution in [0.5, 0.6) is 0 Å². The van der Waals surface area contributed by atoms with E-state index < -0.39 is 6.29 Å². The van der Waals surface area contributed by atoms with E-state index in [1.165, 1.54) is 19.3 Å². The fraction of sp³-hybridized carbons (Fsp3) is 0.625. The van der Waals surface area contributed by atoms with Crippen LogP contribution in [0.15, 0.2) is 36.1 Å². The van der Waals surface area contributed by atoms with Gasteiger partial charge >= 0.3 is 0 Å². The fourth-order valence-corrected chi connectivity index (χ4v) is 4.14. The van der Waals surface area contributed by atoms with E-state index in [1.54, 1.807) is 0 Å². The van der Waals surface area contributed by atoms with Gasteiger partial charge in [0.25, 0.3) is 5.91 Å². The van der Waals surface area contributed by atoms with E-state index in [1.807, 2.05) is 42.3 Å². The zero-order valence-electron chi connectivity index (χ0n) is 18.0. The van der Waals surface area contributed by atoms with Crippen molar-refractivity contribution in [1.29, 1.82) is 0 Å². The van der Waals surface area contributed by atoms with Gasteiger partial charge < -0.3 is 19.5 Å². The van der Waals surface area contributed by atoms with Crippen molar-refractivity contribution in [3.63, 3.8) is 0 Å². The summed E-state index contributed by atoms with van der Waals surface area (Å²) >= 11 is 0. The van der Waals surface area contributed by atoms with Gasteiger partial charge in [-0.25, -0.2) is 0 Å². The van der Waals surface area contributed by atoms with Crippen LogP contribution in [0.2, 0.25) is 0 Å². The van der Waals surface area contributed by atoms with Crippen LogP contribution in [0, 0.1) is 11.8 Å². The van der Waals surface area contributed by atoms with E-state index in [4.69, 9.17) is 9.47 Å². The van der Waals surface area contributed by atoms with Crippen molar-refractivity contribution in [3.8, 4) is 0 Å². The molecule has 1 aromatic carbocycles. The lowest BCUT2D eigenvalue weighted by Crippen LogP contribution is -2.41. The van der Waals surface area contributed by atoms with Gasteiger partial charge in [-0.1, -0.05) is 57.4 Å². The topological polar surface area (TPSA) is 59.0 Å². The molecule has 1 aliphatic heterocycles. The summed E-state index contributed by atoms with van der Waals surface area (Å²) in [5.41, 5.74) is 1.90. The molecule has 2 atom stereocenters. The molecule has 2 aliphatic rings. The van der Waals surface area contributed by atoms with Gasteiger partial charge in [0.15, 0.2) is 5.76 Å². The quantitative estimate of drug-likeness (QED) is 0.736. The lowest BCUT2D eigenvalue weighted by Gasteiger charge is -2.35. The SMILES string of the molecule is CC(C)[C@H]1C=C(C(=O)N(C)C2CCCCC2)O[C@@H](OCc2ccc(CO)cc2)C1. The maximum absolute atomic E-state index is 13.1. The van der Waals surface area contributed by atoms with Gasteiger partial charge in [-0.05, 0) is 41.9 Å². The second-order valence-electron chi connectivity index (χ2n) is 8.72. The number of ether oxygens (including phenoxy) is 2. The average Bonchev–Trinajstić information content (AvgIpc) is 2.77. The second kappa shape index (κ2) is 10.3. The molecule has 1 N–H and O–H groups in total. The lowest BCUT2D eigenvalue weighted by atomic mass is 9.89. The van der Waals surface area contributed by atoms with Crippen molar-refractivity contribution < 1.29 is 19.4 Å². The minimum absolute atomic E-state index is 0.0249. The number of aliphatic hydroxyl groups excluding tert-OH is 1. The second-order valence-corrected chi connectivity index (χ2v) is 8.72. The molecule has 1 aromatic rings. The number of likely N-dealkylation sites (N-methyl/N-ethyl adjacent to an activating group) is 1. The molecule has 1 heterocycles. The zero-order chi connectivity index (χ0) is 20.8. The van der Waals surface area contributed by atoms with Crippen LogP contribution in [0.1, 0.15) is 63.5 Å². The van der Waals surface area contributed by atoms with E-state index in [9.17, 15) is 9.90 Å². The molecule has 0 radical (unpaired) electrons. The van der Waals surface area contributed by atoms with Crippen molar-refractivity contribution >= 4 is 5.91 Å². The van der Waals surface area contributed by atoms with Gasteiger partial charge in [-0.2, -0.15) is 0 Å². The third-order valence-electron chi connectivity index (χ3n) is 6.24. The molecule has 0 unspecified atom stereocenters. The van der Waals surface area contributed by atoms with Crippen molar-refractivity contribution in [1.82, 2.24) is 4.90 Å². The highest BCUT2D eigenvalue weighted by Gasteiger charge is 2.32. The van der Waals surface area contributed by atoms with E-state index in [2.05, 4.69) is 13.8 Å². The molecule has 160 valence electrons. The molecule has 0 aromatic heterocycles. The molecular formula is C24H35NO4. The number of hydrogen-bond donors (Lipinski definition) is 1. The molecule has 0 saturated heterocycles. The third-order valence-corrected chi connectivity index (χ3v) is 6.24. The average molecular weight is 402 g/mol. The molecule has 1 fully saturated rings. The van der Waals surface area contributed by atoms with Gasteiger partial charge in [0, 0.05) is 19.5 Å². The Kier molecular flexibility index (Phi) is 7.73. The Labute approximate surface area is 174 Å². The van der Waals surface area contributed by atoms with Gasteiger partial charge in [0.1, 0.15) is 0 Å². The predicted octanol–water partition coefficient (Wildman–Crippen LogP) is 4.39. The Bertz CT molecular complexity index is 691. The molecule has 1 saturated carbocycles. The maximum atomic E-state index is 13.1. The maximum Gasteiger partial charge on any atom is 0.288 e. The molecule has 0 spiro atoms. The first-order chi connectivity index (χ1) is 14.0. The van der Waals surface area contributed by atoms with Crippen LogP contribution in [-0.4, -0.2) is 35.3 Å². The summed E-state index contributed by atoms with van der Waals surface area (Å²) in [5.74, 6) is 1.08. The van der Waals surface area contributed by atoms with Crippen LogP contribution in [0.25, 0.3) is 0 Å². The monoisotopic (exact) mass is 401 g/mol. The number of hydrogen-bond acceptors (Lipinski definition) is 4. The first-order valence-corrected chi connectivity index (χ1v) is 10.9. The Morgan fingerprint density at radius 2 is 1.83 bits per heavy atom. The van der Waals surface area contributed by atoms with Gasteiger partial charge in [0.2, 0.25) is 6.29 Å². The van der Waals surface area contributed by atoms with Crippen molar-refractivity contribution in [2.75, 3.05) is 7.05 Å². The minimum Gasteiger partial charge on any atom is -0.459 e. The lowest BCUT2D eigenvalue weighted by molar-refractivity contribution is -0.160. The molecule has 1 amide bonds. The minimum atomic E-state index is -0.427. The van der Waals surface area contributed by atoms with Gasteiger partial charge in [-0.3, -0.25) is 4.79 Å². The van der Waals surface area contributed by atoms with Crippen LogP contribution in [0.3, 0.4) is 0 Å². The van der Waals surface area contributed by atoms with Crippen molar-refractivity contribution in [2.24, 2.45) is 11.8 Å². The van der Waals surface area contributed by atoms with Crippen LogP contribution < -0.4 is 0 Å². The summed E-state index contributed by atoms with van der Waals surface area (Å²) in [4.78, 5) is 15.0. The van der Waals surface area contributed by atoms with E-state index in [0.29, 0.717) is 24.3 Å². The van der Waals surface area contributed by atoms with Gasteiger partial charge in [-0.15, -0.1) is 0 Å². The van der Waals surface area contributed by atoms with Crippen molar-refractivity contribution in [2.45, 2.75) is 77.9 Å².